The van der Waals surface area contributed by atoms with Crippen molar-refractivity contribution in [1.29, 1.82) is 0 Å². The minimum atomic E-state index is 0.00978. The van der Waals surface area contributed by atoms with Gasteiger partial charge in [-0.1, -0.05) is 19.9 Å². The molecule has 0 aliphatic carbocycles. The van der Waals surface area contributed by atoms with Gasteiger partial charge in [0.2, 0.25) is 5.91 Å². The van der Waals surface area contributed by atoms with E-state index in [2.05, 4.69) is 10.3 Å². The van der Waals surface area contributed by atoms with Crippen LogP contribution in [0.4, 0.5) is 5.82 Å². The molecule has 5 heteroatoms. The molecule has 0 fully saturated rings. The number of nitrogens with zero attached hydrogens (tertiary/aromatic N) is 2. The van der Waals surface area contributed by atoms with Crippen LogP contribution >= 0.6 is 0 Å². The molecule has 19 heavy (non-hydrogen) atoms. The largest absolute Gasteiger partial charge is 0.383 e. The van der Waals surface area contributed by atoms with Crippen LogP contribution in [0, 0.1) is 0 Å². The Balaban J connectivity index is 0.000000861. The molecule has 1 aliphatic heterocycles. The first-order valence-corrected chi connectivity index (χ1v) is 6.49. The fourth-order valence-electron chi connectivity index (χ4n) is 1.83. The highest BCUT2D eigenvalue weighted by Gasteiger charge is 2.20. The molecule has 104 valence electrons. The molecular weight excluding hydrogens is 240 g/mol. The Kier molecular flexibility index (Phi) is 5.36. The van der Waals surface area contributed by atoms with Crippen LogP contribution in [-0.4, -0.2) is 22.3 Å². The Morgan fingerprint density at radius 1 is 1.42 bits per heavy atom. The van der Waals surface area contributed by atoms with Crippen molar-refractivity contribution >= 4 is 11.7 Å². The lowest BCUT2D eigenvalue weighted by Gasteiger charge is -2.31. The number of hydrogen-bond acceptors (Lipinski definition) is 4. The summed E-state index contributed by atoms with van der Waals surface area (Å²) in [6.07, 6.45) is 1.66. The number of nitrogens with two attached hydrogens (primary N) is 1. The van der Waals surface area contributed by atoms with Gasteiger partial charge in [-0.2, -0.15) is 0 Å². The second-order valence-corrected chi connectivity index (χ2v) is 4.16. The molecule has 0 aromatic carbocycles. The maximum atomic E-state index is 11.5. The van der Waals surface area contributed by atoms with Gasteiger partial charge in [-0.25, -0.2) is 4.98 Å². The van der Waals surface area contributed by atoms with Crippen LogP contribution in [0.3, 0.4) is 0 Å². The molecule has 1 aliphatic rings. The number of rotatable bonds is 2. The molecule has 1 amide bonds. The average molecular weight is 262 g/mol. The van der Waals surface area contributed by atoms with E-state index in [1.165, 1.54) is 0 Å². The third kappa shape index (κ3) is 3.71. The maximum absolute atomic E-state index is 11.5. The molecule has 1 aromatic heterocycles. The highest BCUT2D eigenvalue weighted by molar-refractivity contribution is 5.81. The van der Waals surface area contributed by atoms with Crippen molar-refractivity contribution in [3.8, 4) is 0 Å². The number of hydrogen-bond donors (Lipinski definition) is 2. The number of allylic oxidation sites excluding steroid dienone is 2. The van der Waals surface area contributed by atoms with Crippen molar-refractivity contribution in [2.75, 3.05) is 12.3 Å². The third-order valence-electron chi connectivity index (χ3n) is 2.97. The number of pyridine rings is 1. The summed E-state index contributed by atoms with van der Waals surface area (Å²) in [5.74, 6) is 0.527. The van der Waals surface area contributed by atoms with Crippen molar-refractivity contribution in [3.63, 3.8) is 0 Å². The van der Waals surface area contributed by atoms with Gasteiger partial charge in [0.15, 0.2) is 0 Å². The predicted molar refractivity (Wildman–Crippen MR) is 76.9 cm³/mol. The molecule has 0 unspecified atom stereocenters. The average Bonchev–Trinajstić information content (AvgIpc) is 2.40. The molecule has 0 radical (unpaired) electrons. The first-order valence-electron chi connectivity index (χ1n) is 6.49. The summed E-state index contributed by atoms with van der Waals surface area (Å²) in [5.41, 5.74) is 8.69. The van der Waals surface area contributed by atoms with Gasteiger partial charge >= 0.3 is 0 Å². The predicted octanol–water partition coefficient (Wildman–Crippen LogP) is 1.87. The Labute approximate surface area is 114 Å². The van der Waals surface area contributed by atoms with Gasteiger partial charge in [0.05, 0.1) is 6.54 Å². The number of carbonyl (C=O) groups is 1. The first kappa shape index (κ1) is 15.0. The van der Waals surface area contributed by atoms with Crippen molar-refractivity contribution < 1.29 is 4.79 Å². The van der Waals surface area contributed by atoms with E-state index in [0.717, 1.165) is 17.0 Å². The maximum Gasteiger partial charge on any atom is 0.243 e. The van der Waals surface area contributed by atoms with E-state index in [4.69, 9.17) is 5.73 Å². The summed E-state index contributed by atoms with van der Waals surface area (Å²) in [6.45, 7) is 8.85. The molecule has 0 saturated heterocycles. The van der Waals surface area contributed by atoms with Gasteiger partial charge in [-0.3, -0.25) is 4.79 Å². The zero-order valence-electron chi connectivity index (χ0n) is 12.0. The standard InChI is InChI=1S/C12H16N4O.C2H6/c1-8-9(2)16(7-11(17)15-8)6-10-4-3-5-14-12(10)13;1-2/h3-5H,6-7H2,1-2H3,(H2,13,14)(H,15,17);1-2H3. The summed E-state index contributed by atoms with van der Waals surface area (Å²) in [6, 6.07) is 3.78. The van der Waals surface area contributed by atoms with Crippen molar-refractivity contribution in [2.45, 2.75) is 34.2 Å². The van der Waals surface area contributed by atoms with Crippen LogP contribution < -0.4 is 11.1 Å². The summed E-state index contributed by atoms with van der Waals surface area (Å²) in [5, 5.41) is 2.81. The Morgan fingerprint density at radius 3 is 2.74 bits per heavy atom. The molecule has 5 nitrogen and oxygen atoms in total. The van der Waals surface area contributed by atoms with Gasteiger partial charge in [0.25, 0.3) is 0 Å². The lowest BCUT2D eigenvalue weighted by atomic mass is 10.2. The smallest absolute Gasteiger partial charge is 0.243 e. The van der Waals surface area contributed by atoms with E-state index in [9.17, 15) is 4.79 Å². The number of aromatic nitrogens is 1. The van der Waals surface area contributed by atoms with Crippen LogP contribution in [0.1, 0.15) is 33.3 Å². The van der Waals surface area contributed by atoms with E-state index < -0.39 is 0 Å². The van der Waals surface area contributed by atoms with E-state index in [-0.39, 0.29) is 5.91 Å². The summed E-state index contributed by atoms with van der Waals surface area (Å²) in [7, 11) is 0. The lowest BCUT2D eigenvalue weighted by Crippen LogP contribution is -2.41. The van der Waals surface area contributed by atoms with Gasteiger partial charge in [-0.15, -0.1) is 0 Å². The second-order valence-electron chi connectivity index (χ2n) is 4.16. The number of nitrogen functional groups attached to an aromatic ring is 1. The number of anilines is 1. The molecule has 0 bridgehead atoms. The van der Waals surface area contributed by atoms with Gasteiger partial charge in [0.1, 0.15) is 5.82 Å². The Bertz CT molecular complexity index is 482. The van der Waals surface area contributed by atoms with E-state index in [0.29, 0.717) is 18.9 Å². The third-order valence-corrected chi connectivity index (χ3v) is 2.97. The molecule has 0 saturated carbocycles. The molecule has 3 N–H and O–H groups in total. The van der Waals surface area contributed by atoms with Crippen molar-refractivity contribution in [2.24, 2.45) is 0 Å². The van der Waals surface area contributed by atoms with Crippen molar-refractivity contribution in [3.05, 3.63) is 35.3 Å². The SMILES string of the molecule is CC.CC1=C(C)N(Cc2cccnc2N)CC(=O)N1. The first-order chi connectivity index (χ1) is 9.08. The van der Waals surface area contributed by atoms with Crippen LogP contribution in [0.2, 0.25) is 0 Å². The minimum Gasteiger partial charge on any atom is -0.383 e. The molecule has 0 spiro atoms. The summed E-state index contributed by atoms with van der Waals surface area (Å²) >= 11 is 0. The van der Waals surface area contributed by atoms with Gasteiger partial charge < -0.3 is 16.0 Å². The summed E-state index contributed by atoms with van der Waals surface area (Å²) < 4.78 is 0. The topological polar surface area (TPSA) is 71.2 Å². The van der Waals surface area contributed by atoms with Crippen LogP contribution in [0.5, 0.6) is 0 Å². The zero-order valence-corrected chi connectivity index (χ0v) is 12.0. The van der Waals surface area contributed by atoms with Crippen molar-refractivity contribution in [1.82, 2.24) is 15.2 Å². The summed E-state index contributed by atoms with van der Waals surface area (Å²) in [4.78, 5) is 17.5. The van der Waals surface area contributed by atoms with Crippen LogP contribution in [0.15, 0.2) is 29.7 Å². The monoisotopic (exact) mass is 262 g/mol. The van der Waals surface area contributed by atoms with E-state index in [1.54, 1.807) is 6.20 Å². The molecule has 1 aromatic rings. The van der Waals surface area contributed by atoms with E-state index >= 15 is 0 Å². The molecule has 2 rings (SSSR count). The quantitative estimate of drug-likeness (QED) is 0.853. The fourth-order valence-corrected chi connectivity index (χ4v) is 1.83. The second kappa shape index (κ2) is 6.78. The molecule has 2 heterocycles. The molecule has 0 atom stereocenters. The fraction of sp³-hybridized carbons (Fsp3) is 0.429. The minimum absolute atomic E-state index is 0.00978. The highest BCUT2D eigenvalue weighted by Crippen LogP contribution is 2.18. The van der Waals surface area contributed by atoms with Gasteiger partial charge in [0, 0.05) is 29.7 Å². The number of carbonyl (C=O) groups excluding carboxylic acids is 1. The molecular formula is C14H22N4O. The van der Waals surface area contributed by atoms with Crippen LogP contribution in [-0.2, 0) is 11.3 Å². The Hall–Kier alpha value is -2.04. The van der Waals surface area contributed by atoms with Gasteiger partial charge in [-0.05, 0) is 19.9 Å². The normalized spacial score (nSPS) is 14.7. The zero-order chi connectivity index (χ0) is 14.4. The van der Waals surface area contributed by atoms with Crippen LogP contribution in [0.25, 0.3) is 0 Å². The Morgan fingerprint density at radius 2 is 2.11 bits per heavy atom. The number of amides is 1. The highest BCUT2D eigenvalue weighted by atomic mass is 16.2. The lowest BCUT2D eigenvalue weighted by molar-refractivity contribution is -0.122. The van der Waals surface area contributed by atoms with E-state index in [1.807, 2.05) is 44.7 Å². The number of nitrogens with one attached hydrogen (secondary N) is 1.